The first-order valence-corrected chi connectivity index (χ1v) is 8.57. The van der Waals surface area contributed by atoms with Crippen LogP contribution in [0.25, 0.3) is 5.69 Å². The molecule has 0 spiro atoms. The molecule has 0 aliphatic heterocycles. The zero-order chi connectivity index (χ0) is 18.4. The second-order valence-electron chi connectivity index (χ2n) is 6.87. The highest BCUT2D eigenvalue weighted by atomic mass is 16.2. The molecular weight excluding hydrogens is 316 g/mol. The van der Waals surface area contributed by atoms with E-state index in [2.05, 4.69) is 15.7 Å². The van der Waals surface area contributed by atoms with E-state index < -0.39 is 6.04 Å². The molecule has 1 aromatic heterocycles. The van der Waals surface area contributed by atoms with Crippen molar-refractivity contribution in [1.29, 1.82) is 0 Å². The fourth-order valence-electron chi connectivity index (χ4n) is 2.48. The molecule has 25 heavy (non-hydrogen) atoms. The van der Waals surface area contributed by atoms with E-state index in [1.165, 1.54) is 0 Å². The zero-order valence-corrected chi connectivity index (χ0v) is 15.2. The lowest BCUT2D eigenvalue weighted by Gasteiger charge is -2.22. The Bertz CT molecular complexity index is 691. The van der Waals surface area contributed by atoms with Crippen molar-refractivity contribution in [3.63, 3.8) is 0 Å². The van der Waals surface area contributed by atoms with Gasteiger partial charge < -0.3 is 10.6 Å². The van der Waals surface area contributed by atoms with Crippen LogP contribution in [0.2, 0.25) is 0 Å². The zero-order valence-electron chi connectivity index (χ0n) is 15.2. The van der Waals surface area contributed by atoms with E-state index in [1.54, 1.807) is 10.9 Å². The van der Waals surface area contributed by atoms with Crippen molar-refractivity contribution in [2.75, 3.05) is 5.32 Å². The molecule has 6 nitrogen and oxygen atoms in total. The minimum absolute atomic E-state index is 0.000500. The average Bonchev–Trinajstić information content (AvgIpc) is 3.06. The van der Waals surface area contributed by atoms with Gasteiger partial charge in [-0.15, -0.1) is 0 Å². The summed E-state index contributed by atoms with van der Waals surface area (Å²) in [6, 6.07) is 8.69. The van der Waals surface area contributed by atoms with Crippen molar-refractivity contribution < 1.29 is 9.59 Å². The molecule has 0 radical (unpaired) electrons. The topological polar surface area (TPSA) is 76.0 Å². The van der Waals surface area contributed by atoms with Crippen LogP contribution in [0, 0.1) is 11.8 Å². The summed E-state index contributed by atoms with van der Waals surface area (Å²) in [5.74, 6) is -0.0537. The first-order chi connectivity index (χ1) is 11.9. The van der Waals surface area contributed by atoms with Crippen LogP contribution in [0.3, 0.4) is 0 Å². The Morgan fingerprint density at radius 1 is 1.12 bits per heavy atom. The molecule has 1 atom stereocenters. The molecule has 2 amide bonds. The van der Waals surface area contributed by atoms with E-state index in [4.69, 9.17) is 0 Å². The van der Waals surface area contributed by atoms with Gasteiger partial charge in [-0.2, -0.15) is 5.10 Å². The summed E-state index contributed by atoms with van der Waals surface area (Å²) in [5, 5.41) is 9.87. The van der Waals surface area contributed by atoms with E-state index in [9.17, 15) is 9.59 Å². The van der Waals surface area contributed by atoms with Crippen LogP contribution < -0.4 is 10.6 Å². The highest BCUT2D eigenvalue weighted by Crippen LogP contribution is 2.14. The van der Waals surface area contributed by atoms with E-state index in [0.717, 1.165) is 5.69 Å². The van der Waals surface area contributed by atoms with Crippen LogP contribution in [-0.2, 0) is 9.59 Å². The number of rotatable bonds is 7. The smallest absolute Gasteiger partial charge is 0.247 e. The number of carbonyl (C=O) groups excluding carboxylic acids is 2. The predicted molar refractivity (Wildman–Crippen MR) is 98.4 cm³/mol. The Labute approximate surface area is 148 Å². The summed E-state index contributed by atoms with van der Waals surface area (Å²) < 4.78 is 1.74. The van der Waals surface area contributed by atoms with Gasteiger partial charge in [0.25, 0.3) is 0 Å². The summed E-state index contributed by atoms with van der Waals surface area (Å²) in [7, 11) is 0. The third-order valence-electron chi connectivity index (χ3n) is 3.76. The summed E-state index contributed by atoms with van der Waals surface area (Å²) >= 11 is 0. The molecule has 6 heteroatoms. The van der Waals surface area contributed by atoms with Gasteiger partial charge in [-0.05, 0) is 42.2 Å². The number of nitrogens with zero attached hydrogens (tertiary/aromatic N) is 2. The molecule has 0 bridgehead atoms. The van der Waals surface area contributed by atoms with Gasteiger partial charge in [-0.1, -0.05) is 27.7 Å². The Balaban J connectivity index is 2.01. The highest BCUT2D eigenvalue weighted by molar-refractivity contribution is 5.97. The fourth-order valence-corrected chi connectivity index (χ4v) is 2.48. The number of hydrogen-bond donors (Lipinski definition) is 2. The van der Waals surface area contributed by atoms with E-state index in [-0.39, 0.29) is 23.7 Å². The van der Waals surface area contributed by atoms with E-state index in [0.29, 0.717) is 12.1 Å². The van der Waals surface area contributed by atoms with Crippen LogP contribution >= 0.6 is 0 Å². The molecular formula is C19H26N4O2. The van der Waals surface area contributed by atoms with Crippen molar-refractivity contribution in [1.82, 2.24) is 15.1 Å². The van der Waals surface area contributed by atoms with Crippen molar-refractivity contribution in [2.45, 2.75) is 40.2 Å². The third-order valence-corrected chi connectivity index (χ3v) is 3.76. The van der Waals surface area contributed by atoms with Gasteiger partial charge in [0.05, 0.1) is 5.69 Å². The Kier molecular flexibility index (Phi) is 6.33. The summed E-state index contributed by atoms with van der Waals surface area (Å²) in [4.78, 5) is 24.5. The lowest BCUT2D eigenvalue weighted by molar-refractivity contribution is -0.127. The summed E-state index contributed by atoms with van der Waals surface area (Å²) in [6.07, 6.45) is 3.98. The maximum Gasteiger partial charge on any atom is 0.247 e. The number of aromatic nitrogens is 2. The van der Waals surface area contributed by atoms with E-state index >= 15 is 0 Å². The van der Waals surface area contributed by atoms with Crippen LogP contribution in [0.4, 0.5) is 5.69 Å². The molecule has 0 aliphatic rings. The summed E-state index contributed by atoms with van der Waals surface area (Å²) in [5.41, 5.74) is 1.60. The molecule has 2 aromatic rings. The van der Waals surface area contributed by atoms with Gasteiger partial charge in [-0.25, -0.2) is 4.68 Å². The van der Waals surface area contributed by atoms with Crippen LogP contribution in [0.1, 0.15) is 34.1 Å². The minimum Gasteiger partial charge on any atom is -0.344 e. The minimum atomic E-state index is -0.558. The average molecular weight is 342 g/mol. The maximum absolute atomic E-state index is 12.5. The van der Waals surface area contributed by atoms with Gasteiger partial charge in [0.15, 0.2) is 0 Å². The Morgan fingerprint density at radius 3 is 2.32 bits per heavy atom. The van der Waals surface area contributed by atoms with Crippen LogP contribution in [0.15, 0.2) is 42.7 Å². The molecule has 2 rings (SSSR count). The molecule has 1 aromatic carbocycles. The second-order valence-corrected chi connectivity index (χ2v) is 6.87. The SMILES string of the molecule is CC(C)CC(=O)NC(C(=O)Nc1ccc(-n2cccn2)cc1)C(C)C. The standard InChI is InChI=1S/C19H26N4O2/c1-13(2)12-17(24)22-18(14(3)4)19(25)21-15-6-8-16(9-7-15)23-11-5-10-20-23/h5-11,13-14,18H,12H2,1-4H3,(H,21,25)(H,22,24). The van der Waals surface area contributed by atoms with Gasteiger partial charge in [0, 0.05) is 24.5 Å². The first-order valence-electron chi connectivity index (χ1n) is 8.57. The second kappa shape index (κ2) is 8.46. The number of benzene rings is 1. The van der Waals surface area contributed by atoms with Gasteiger partial charge in [0.2, 0.25) is 11.8 Å². The molecule has 0 fully saturated rings. The molecule has 0 saturated carbocycles. The number of nitrogens with one attached hydrogen (secondary N) is 2. The Hall–Kier alpha value is -2.63. The molecule has 2 N–H and O–H groups in total. The van der Waals surface area contributed by atoms with Crippen molar-refractivity contribution >= 4 is 17.5 Å². The Morgan fingerprint density at radius 2 is 1.80 bits per heavy atom. The number of anilines is 1. The molecule has 1 unspecified atom stereocenters. The number of hydrogen-bond acceptors (Lipinski definition) is 3. The van der Waals surface area contributed by atoms with Crippen molar-refractivity contribution in [2.24, 2.45) is 11.8 Å². The number of amides is 2. The predicted octanol–water partition coefficient (Wildman–Crippen LogP) is 3.00. The largest absolute Gasteiger partial charge is 0.344 e. The maximum atomic E-state index is 12.5. The fraction of sp³-hybridized carbons (Fsp3) is 0.421. The van der Waals surface area contributed by atoms with Crippen LogP contribution in [-0.4, -0.2) is 27.6 Å². The van der Waals surface area contributed by atoms with Gasteiger partial charge in [-0.3, -0.25) is 9.59 Å². The van der Waals surface area contributed by atoms with Crippen molar-refractivity contribution in [3.8, 4) is 5.69 Å². The molecule has 0 saturated heterocycles. The molecule has 134 valence electrons. The third kappa shape index (κ3) is 5.45. The van der Waals surface area contributed by atoms with Gasteiger partial charge >= 0.3 is 0 Å². The molecule has 1 heterocycles. The normalized spacial score (nSPS) is 12.2. The van der Waals surface area contributed by atoms with Crippen LogP contribution in [0.5, 0.6) is 0 Å². The lowest BCUT2D eigenvalue weighted by atomic mass is 10.0. The highest BCUT2D eigenvalue weighted by Gasteiger charge is 2.24. The van der Waals surface area contributed by atoms with Crippen molar-refractivity contribution in [3.05, 3.63) is 42.7 Å². The number of carbonyl (C=O) groups is 2. The first kappa shape index (κ1) is 18.7. The summed E-state index contributed by atoms with van der Waals surface area (Å²) in [6.45, 7) is 7.79. The monoisotopic (exact) mass is 342 g/mol. The molecule has 0 aliphatic carbocycles. The lowest BCUT2D eigenvalue weighted by Crippen LogP contribution is -2.47. The van der Waals surface area contributed by atoms with Gasteiger partial charge in [0.1, 0.15) is 6.04 Å². The van der Waals surface area contributed by atoms with E-state index in [1.807, 2.05) is 64.2 Å². The quantitative estimate of drug-likeness (QED) is 0.812.